The van der Waals surface area contributed by atoms with Gasteiger partial charge in [0.2, 0.25) is 5.75 Å². The van der Waals surface area contributed by atoms with E-state index in [0.29, 0.717) is 17.1 Å². The lowest BCUT2D eigenvalue weighted by Gasteiger charge is -2.15. The van der Waals surface area contributed by atoms with E-state index < -0.39 is 17.1 Å². The van der Waals surface area contributed by atoms with E-state index in [1.165, 1.54) is 28.3 Å². The number of ether oxygens (including phenoxy) is 5. The molecule has 1 aliphatic heterocycles. The number of nitrogens with zero attached hydrogens (tertiary/aromatic N) is 1. The fourth-order valence-electron chi connectivity index (χ4n) is 3.06. The zero-order chi connectivity index (χ0) is 24.0. The number of methoxy groups -OCH3 is 3. The average molecular weight is 474 g/mol. The minimum absolute atomic E-state index is 0.0814. The molecule has 2 amide bonds. The first kappa shape index (κ1) is 24.0. The maximum absolute atomic E-state index is 12.8. The summed E-state index contributed by atoms with van der Waals surface area (Å²) < 4.78 is 26.7. The Balaban J connectivity index is 1.75. The van der Waals surface area contributed by atoms with Gasteiger partial charge < -0.3 is 23.7 Å². The molecule has 9 nitrogen and oxygen atoms in total. The Labute approximate surface area is 195 Å². The molecule has 0 aliphatic carbocycles. The Morgan fingerprint density at radius 1 is 0.970 bits per heavy atom. The smallest absolute Gasteiger partial charge is 0.308 e. The van der Waals surface area contributed by atoms with Crippen molar-refractivity contribution in [3.63, 3.8) is 0 Å². The molecule has 0 bridgehead atoms. The molecule has 1 saturated heterocycles. The minimum Gasteiger partial charge on any atom is -0.493 e. The lowest BCUT2D eigenvalue weighted by molar-refractivity contribution is -0.132. The van der Waals surface area contributed by atoms with Crippen molar-refractivity contribution in [2.75, 3.05) is 34.5 Å². The van der Waals surface area contributed by atoms with Crippen LogP contribution in [0, 0.1) is 0 Å². The van der Waals surface area contributed by atoms with Gasteiger partial charge >= 0.3 is 5.97 Å². The van der Waals surface area contributed by atoms with E-state index in [-0.39, 0.29) is 35.3 Å². The van der Waals surface area contributed by atoms with Crippen molar-refractivity contribution in [1.82, 2.24) is 4.90 Å². The van der Waals surface area contributed by atoms with Crippen LogP contribution in [-0.2, 0) is 9.59 Å². The van der Waals surface area contributed by atoms with Crippen molar-refractivity contribution in [2.24, 2.45) is 0 Å². The third kappa shape index (κ3) is 5.58. The highest BCUT2D eigenvalue weighted by Gasteiger charge is 2.35. The number of imide groups is 1. The summed E-state index contributed by atoms with van der Waals surface area (Å²) in [5.41, 5.74) is 0.537. The molecule has 3 rings (SSSR count). The molecule has 0 atom stereocenters. The number of carbonyl (C=O) groups is 3. The van der Waals surface area contributed by atoms with Crippen LogP contribution in [0.2, 0.25) is 0 Å². The Kier molecular flexibility index (Phi) is 7.83. The van der Waals surface area contributed by atoms with Gasteiger partial charge in [-0.1, -0.05) is 12.1 Å². The number of hydrogen-bond acceptors (Lipinski definition) is 9. The number of rotatable bonds is 9. The van der Waals surface area contributed by atoms with Crippen molar-refractivity contribution < 1.29 is 38.1 Å². The van der Waals surface area contributed by atoms with Crippen LogP contribution in [-0.4, -0.2) is 56.5 Å². The number of thioether (sulfide) groups is 1. The number of hydrogen-bond donors (Lipinski definition) is 0. The molecule has 33 heavy (non-hydrogen) atoms. The summed E-state index contributed by atoms with van der Waals surface area (Å²) in [6.07, 6.45) is 1.55. The van der Waals surface area contributed by atoms with Gasteiger partial charge in [-0.25, -0.2) is 0 Å². The van der Waals surface area contributed by atoms with Crippen molar-refractivity contribution in [1.29, 1.82) is 0 Å². The first-order valence-electron chi connectivity index (χ1n) is 9.83. The molecule has 10 heteroatoms. The van der Waals surface area contributed by atoms with Gasteiger partial charge in [0.05, 0.1) is 32.8 Å². The second kappa shape index (κ2) is 10.8. The van der Waals surface area contributed by atoms with Crippen LogP contribution in [0.4, 0.5) is 4.79 Å². The summed E-state index contributed by atoms with van der Waals surface area (Å²) in [7, 11) is 4.37. The molecule has 1 aliphatic rings. The molecule has 0 unspecified atom stereocenters. The Morgan fingerprint density at radius 2 is 1.58 bits per heavy atom. The fourth-order valence-corrected chi connectivity index (χ4v) is 3.92. The number of amides is 2. The molecule has 1 fully saturated rings. The lowest BCUT2D eigenvalue weighted by Crippen LogP contribution is -2.32. The van der Waals surface area contributed by atoms with Crippen LogP contribution in [0.25, 0.3) is 6.08 Å². The minimum atomic E-state index is -0.532. The lowest BCUT2D eigenvalue weighted by atomic mass is 10.1. The average Bonchev–Trinajstić information content (AvgIpc) is 3.06. The zero-order valence-corrected chi connectivity index (χ0v) is 19.4. The second-order valence-corrected chi connectivity index (χ2v) is 7.67. The summed E-state index contributed by atoms with van der Waals surface area (Å²) in [5, 5.41) is -0.398. The Bertz CT molecular complexity index is 1070. The summed E-state index contributed by atoms with van der Waals surface area (Å²) in [5.74, 6) is 0.749. The topological polar surface area (TPSA) is 101 Å². The third-order valence-corrected chi connectivity index (χ3v) is 5.45. The van der Waals surface area contributed by atoms with E-state index >= 15 is 0 Å². The van der Waals surface area contributed by atoms with Crippen molar-refractivity contribution >= 4 is 35.0 Å². The SMILES string of the molecule is COc1ccccc1OCCN1C(=O)S/C(=C\c2cc(OC)c(OC(C)=O)c(OC)c2)C1=O. The van der Waals surface area contributed by atoms with Crippen LogP contribution in [0.5, 0.6) is 28.7 Å². The van der Waals surface area contributed by atoms with Crippen LogP contribution in [0.15, 0.2) is 41.3 Å². The number of para-hydroxylation sites is 2. The predicted molar refractivity (Wildman–Crippen MR) is 122 cm³/mol. The van der Waals surface area contributed by atoms with E-state index in [2.05, 4.69) is 0 Å². The van der Waals surface area contributed by atoms with Gasteiger partial charge in [-0.2, -0.15) is 0 Å². The summed E-state index contributed by atoms with van der Waals surface area (Å²) in [4.78, 5) is 38.0. The first-order chi connectivity index (χ1) is 15.9. The summed E-state index contributed by atoms with van der Waals surface area (Å²) in [6.45, 7) is 1.46. The highest BCUT2D eigenvalue weighted by atomic mass is 32.2. The van der Waals surface area contributed by atoms with Crippen molar-refractivity contribution in [3.8, 4) is 28.7 Å². The first-order valence-corrected chi connectivity index (χ1v) is 10.6. The predicted octanol–water partition coefficient (Wildman–Crippen LogP) is 3.75. The maximum atomic E-state index is 12.8. The van der Waals surface area contributed by atoms with Crippen molar-refractivity contribution in [2.45, 2.75) is 6.92 Å². The van der Waals surface area contributed by atoms with Gasteiger partial charge in [-0.05, 0) is 47.7 Å². The molecule has 0 saturated carbocycles. The molecule has 174 valence electrons. The molecule has 2 aromatic rings. The fraction of sp³-hybridized carbons (Fsp3) is 0.261. The van der Waals surface area contributed by atoms with E-state index in [0.717, 1.165) is 16.7 Å². The molecular weight excluding hydrogens is 450 g/mol. The molecule has 2 aromatic carbocycles. The van der Waals surface area contributed by atoms with Gasteiger partial charge in [-0.15, -0.1) is 0 Å². The van der Waals surface area contributed by atoms with Gasteiger partial charge in [0, 0.05) is 6.92 Å². The quantitative estimate of drug-likeness (QED) is 0.306. The van der Waals surface area contributed by atoms with Gasteiger partial charge in [0.15, 0.2) is 23.0 Å². The summed E-state index contributed by atoms with van der Waals surface area (Å²) >= 11 is 0.824. The zero-order valence-electron chi connectivity index (χ0n) is 18.6. The standard InChI is InChI=1S/C23H23NO8S/c1-14(25)32-21-18(29-3)11-15(12-19(21)30-4)13-20-22(26)24(23(27)33-20)9-10-31-17-8-6-5-7-16(17)28-2/h5-8,11-13H,9-10H2,1-4H3/b20-13-. The van der Waals surface area contributed by atoms with E-state index in [1.807, 2.05) is 6.07 Å². The van der Waals surface area contributed by atoms with Gasteiger partial charge in [0.1, 0.15) is 6.61 Å². The number of esters is 1. The molecule has 0 spiro atoms. The van der Waals surface area contributed by atoms with E-state index in [1.54, 1.807) is 36.4 Å². The van der Waals surface area contributed by atoms with Crippen LogP contribution in [0.1, 0.15) is 12.5 Å². The van der Waals surface area contributed by atoms with E-state index in [4.69, 9.17) is 23.7 Å². The number of benzene rings is 2. The van der Waals surface area contributed by atoms with Crippen LogP contribution < -0.4 is 23.7 Å². The molecule has 0 radical (unpaired) electrons. The third-order valence-electron chi connectivity index (χ3n) is 4.54. The Morgan fingerprint density at radius 3 is 2.15 bits per heavy atom. The second-order valence-electron chi connectivity index (χ2n) is 6.68. The normalized spacial score (nSPS) is 14.4. The van der Waals surface area contributed by atoms with Gasteiger partial charge in [0.25, 0.3) is 11.1 Å². The molecule has 0 N–H and O–H groups in total. The highest BCUT2D eigenvalue weighted by molar-refractivity contribution is 8.18. The van der Waals surface area contributed by atoms with Crippen molar-refractivity contribution in [3.05, 3.63) is 46.9 Å². The summed E-state index contributed by atoms with van der Waals surface area (Å²) in [6, 6.07) is 10.3. The highest BCUT2D eigenvalue weighted by Crippen LogP contribution is 2.40. The molecule has 1 heterocycles. The van der Waals surface area contributed by atoms with E-state index in [9.17, 15) is 14.4 Å². The molecule has 0 aromatic heterocycles. The Hall–Kier alpha value is -3.66. The monoisotopic (exact) mass is 473 g/mol. The van der Waals surface area contributed by atoms with Crippen LogP contribution in [0.3, 0.4) is 0 Å². The van der Waals surface area contributed by atoms with Gasteiger partial charge in [-0.3, -0.25) is 19.3 Å². The maximum Gasteiger partial charge on any atom is 0.308 e. The van der Waals surface area contributed by atoms with Crippen LogP contribution >= 0.6 is 11.8 Å². The number of carbonyl (C=O) groups excluding carboxylic acids is 3. The largest absolute Gasteiger partial charge is 0.493 e. The molecular formula is C23H23NO8S.